The van der Waals surface area contributed by atoms with Gasteiger partial charge in [-0.05, 0) is 19.0 Å². The van der Waals surface area contributed by atoms with Gasteiger partial charge >= 0.3 is 14.5 Å². The van der Waals surface area contributed by atoms with Crippen LogP contribution in [-0.2, 0) is 23.2 Å². The van der Waals surface area contributed by atoms with Crippen LogP contribution in [0.2, 0.25) is 12.6 Å². The lowest BCUT2D eigenvalue weighted by Crippen LogP contribution is -2.35. The van der Waals surface area contributed by atoms with Crippen LogP contribution in [0.5, 0.6) is 0 Å². The van der Waals surface area contributed by atoms with E-state index in [-0.39, 0.29) is 12.5 Å². The average molecular weight is 362 g/mol. The highest BCUT2D eigenvalue weighted by Crippen LogP contribution is 2.17. The summed E-state index contributed by atoms with van der Waals surface area (Å²) in [5.74, 6) is -0.494. The Kier molecular flexibility index (Phi) is 13.9. The molecule has 0 spiro atoms. The number of esters is 1. The van der Waals surface area contributed by atoms with E-state index in [9.17, 15) is 9.59 Å². The Hall–Kier alpha value is -0.923. The molecular weight excluding hydrogens is 326 g/mol. The number of nitrogens with one attached hydrogen (secondary N) is 1. The number of amides is 1. The number of rotatable bonds is 15. The van der Waals surface area contributed by atoms with E-state index in [2.05, 4.69) is 16.6 Å². The van der Waals surface area contributed by atoms with Crippen LogP contribution in [0, 0.1) is 0 Å². The Labute approximate surface area is 147 Å². The SMILES string of the molecule is COC(=O)CNC(=O)CCCCCCCCCC[Si](C)(OC)OC. The fourth-order valence-corrected chi connectivity index (χ4v) is 3.88. The molecule has 0 heterocycles. The minimum Gasteiger partial charge on any atom is -0.468 e. The molecule has 0 aliphatic carbocycles. The van der Waals surface area contributed by atoms with Gasteiger partial charge in [-0.15, -0.1) is 0 Å². The van der Waals surface area contributed by atoms with Gasteiger partial charge in [0.15, 0.2) is 0 Å². The summed E-state index contributed by atoms with van der Waals surface area (Å²) in [6.07, 6.45) is 9.68. The largest absolute Gasteiger partial charge is 0.468 e. The van der Waals surface area contributed by atoms with Crippen molar-refractivity contribution < 1.29 is 23.2 Å². The zero-order valence-corrected chi connectivity index (χ0v) is 16.8. The normalized spacial score (nSPS) is 11.3. The minimum atomic E-state index is -1.88. The summed E-state index contributed by atoms with van der Waals surface area (Å²) in [4.78, 5) is 22.3. The van der Waals surface area contributed by atoms with Crippen LogP contribution >= 0.6 is 0 Å². The minimum absolute atomic E-state index is 0.0383. The molecular formula is C17H35NO5Si. The number of unbranched alkanes of at least 4 members (excludes halogenated alkanes) is 7. The lowest BCUT2D eigenvalue weighted by molar-refractivity contribution is -0.141. The van der Waals surface area contributed by atoms with Gasteiger partial charge in [-0.1, -0.05) is 44.9 Å². The van der Waals surface area contributed by atoms with E-state index in [0.717, 1.165) is 25.3 Å². The number of ether oxygens (including phenoxy) is 1. The molecule has 0 radical (unpaired) electrons. The number of carbonyl (C=O) groups excluding carboxylic acids is 2. The topological polar surface area (TPSA) is 73.9 Å². The van der Waals surface area contributed by atoms with Gasteiger partial charge in [0.1, 0.15) is 6.54 Å². The van der Waals surface area contributed by atoms with Gasteiger partial charge in [0.05, 0.1) is 7.11 Å². The number of hydrogen-bond acceptors (Lipinski definition) is 5. The second-order valence-corrected chi connectivity index (χ2v) is 9.81. The van der Waals surface area contributed by atoms with E-state index < -0.39 is 14.5 Å². The van der Waals surface area contributed by atoms with Gasteiger partial charge in [-0.25, -0.2) is 0 Å². The fourth-order valence-electron chi connectivity index (χ4n) is 2.41. The standard InChI is InChI=1S/C17H35NO5Si/c1-21-17(20)15-18-16(19)13-11-9-7-5-6-8-10-12-14-24(4,22-2)23-3/h5-15H2,1-4H3,(H,18,19). The van der Waals surface area contributed by atoms with E-state index in [0.29, 0.717) is 6.42 Å². The lowest BCUT2D eigenvalue weighted by atomic mass is 10.1. The van der Waals surface area contributed by atoms with Gasteiger partial charge in [-0.2, -0.15) is 0 Å². The van der Waals surface area contributed by atoms with E-state index in [4.69, 9.17) is 8.85 Å². The first kappa shape index (κ1) is 23.1. The van der Waals surface area contributed by atoms with Gasteiger partial charge in [0.2, 0.25) is 5.91 Å². The maximum atomic E-state index is 11.5. The number of carbonyl (C=O) groups is 2. The highest BCUT2D eigenvalue weighted by Gasteiger charge is 2.27. The summed E-state index contributed by atoms with van der Waals surface area (Å²) in [6, 6.07) is 1.06. The van der Waals surface area contributed by atoms with Gasteiger partial charge in [0.25, 0.3) is 0 Å². The third-order valence-corrected chi connectivity index (χ3v) is 7.29. The zero-order valence-electron chi connectivity index (χ0n) is 15.8. The van der Waals surface area contributed by atoms with Crippen molar-refractivity contribution in [2.45, 2.75) is 70.4 Å². The summed E-state index contributed by atoms with van der Waals surface area (Å²) in [6.45, 7) is 2.07. The van der Waals surface area contributed by atoms with Gasteiger partial charge < -0.3 is 18.9 Å². The smallest absolute Gasteiger partial charge is 0.334 e. The van der Waals surface area contributed by atoms with Gasteiger partial charge in [-0.3, -0.25) is 9.59 Å². The molecule has 0 unspecified atom stereocenters. The second kappa shape index (κ2) is 14.4. The fraction of sp³-hybridized carbons (Fsp3) is 0.882. The molecule has 0 aliphatic heterocycles. The third-order valence-electron chi connectivity index (χ3n) is 4.31. The first-order chi connectivity index (χ1) is 11.5. The van der Waals surface area contributed by atoms with E-state index >= 15 is 0 Å². The van der Waals surface area contributed by atoms with Crippen molar-refractivity contribution in [1.29, 1.82) is 0 Å². The van der Waals surface area contributed by atoms with Crippen LogP contribution in [-0.4, -0.2) is 48.3 Å². The Bertz CT molecular complexity index is 348. The molecule has 24 heavy (non-hydrogen) atoms. The third kappa shape index (κ3) is 12.5. The Morgan fingerprint density at radius 2 is 1.33 bits per heavy atom. The molecule has 0 rings (SSSR count). The van der Waals surface area contributed by atoms with Crippen molar-refractivity contribution in [3.63, 3.8) is 0 Å². The van der Waals surface area contributed by atoms with Crippen molar-refractivity contribution >= 4 is 20.4 Å². The molecule has 0 aromatic heterocycles. The summed E-state index contributed by atoms with van der Waals surface area (Å²) in [7, 11) is 2.92. The predicted octanol–water partition coefficient (Wildman–Crippen LogP) is 3.15. The van der Waals surface area contributed by atoms with Crippen molar-refractivity contribution in [2.75, 3.05) is 27.9 Å². The maximum absolute atomic E-state index is 11.5. The molecule has 0 bridgehead atoms. The summed E-state index contributed by atoms with van der Waals surface area (Å²) in [5.41, 5.74) is 0. The van der Waals surface area contributed by atoms with E-state index in [1.165, 1.54) is 39.2 Å². The Morgan fingerprint density at radius 3 is 1.83 bits per heavy atom. The number of methoxy groups -OCH3 is 1. The van der Waals surface area contributed by atoms with E-state index in [1.54, 1.807) is 14.2 Å². The molecule has 1 amide bonds. The summed E-state index contributed by atoms with van der Waals surface area (Å²) >= 11 is 0. The average Bonchev–Trinajstić information content (AvgIpc) is 2.60. The van der Waals surface area contributed by atoms with Crippen LogP contribution < -0.4 is 5.32 Å². The summed E-state index contributed by atoms with van der Waals surface area (Å²) < 4.78 is 15.4. The molecule has 0 aromatic carbocycles. The molecule has 0 fully saturated rings. The summed E-state index contributed by atoms with van der Waals surface area (Å²) in [5, 5.41) is 2.55. The first-order valence-corrected chi connectivity index (χ1v) is 11.4. The van der Waals surface area contributed by atoms with Crippen molar-refractivity contribution in [1.82, 2.24) is 5.32 Å². The van der Waals surface area contributed by atoms with Crippen LogP contribution in [0.1, 0.15) is 57.8 Å². The Balaban J connectivity index is 3.37. The quantitative estimate of drug-likeness (QED) is 0.275. The van der Waals surface area contributed by atoms with Crippen LogP contribution in [0.4, 0.5) is 0 Å². The Morgan fingerprint density at radius 1 is 0.833 bits per heavy atom. The van der Waals surface area contributed by atoms with Crippen LogP contribution in [0.15, 0.2) is 0 Å². The molecule has 7 heteroatoms. The number of hydrogen-bond donors (Lipinski definition) is 1. The van der Waals surface area contributed by atoms with Crippen LogP contribution in [0.25, 0.3) is 0 Å². The van der Waals surface area contributed by atoms with Crippen LogP contribution in [0.3, 0.4) is 0 Å². The molecule has 142 valence electrons. The predicted molar refractivity (Wildman–Crippen MR) is 97.0 cm³/mol. The van der Waals surface area contributed by atoms with Crippen molar-refractivity contribution in [3.05, 3.63) is 0 Å². The lowest BCUT2D eigenvalue weighted by Gasteiger charge is -2.22. The zero-order chi connectivity index (χ0) is 18.3. The highest BCUT2D eigenvalue weighted by molar-refractivity contribution is 6.65. The molecule has 0 saturated heterocycles. The molecule has 0 atom stereocenters. The van der Waals surface area contributed by atoms with E-state index in [1.807, 2.05) is 0 Å². The molecule has 1 N–H and O–H groups in total. The first-order valence-electron chi connectivity index (χ1n) is 8.91. The van der Waals surface area contributed by atoms with Crippen molar-refractivity contribution in [2.24, 2.45) is 0 Å². The van der Waals surface area contributed by atoms with Gasteiger partial charge in [0, 0.05) is 20.6 Å². The molecule has 0 aliphatic rings. The monoisotopic (exact) mass is 361 g/mol. The second-order valence-electron chi connectivity index (χ2n) is 6.22. The molecule has 0 saturated carbocycles. The highest BCUT2D eigenvalue weighted by atomic mass is 28.4. The van der Waals surface area contributed by atoms with Crippen molar-refractivity contribution in [3.8, 4) is 0 Å². The molecule has 6 nitrogen and oxygen atoms in total. The molecule has 0 aromatic rings. The maximum Gasteiger partial charge on any atom is 0.334 e.